The van der Waals surface area contributed by atoms with Crippen LogP contribution in [0.4, 0.5) is 10.1 Å². The largest absolute Gasteiger partial charge is 0.379 e. The van der Waals surface area contributed by atoms with Gasteiger partial charge in [0.15, 0.2) is 5.96 Å². The van der Waals surface area contributed by atoms with Gasteiger partial charge in [0.25, 0.3) is 0 Å². The average Bonchev–Trinajstić information content (AvgIpc) is 2.74. The molecule has 0 aliphatic carbocycles. The third-order valence-electron chi connectivity index (χ3n) is 5.35. The van der Waals surface area contributed by atoms with Gasteiger partial charge in [0.1, 0.15) is 5.82 Å². The number of ether oxygens (including phenoxy) is 1. The van der Waals surface area contributed by atoms with Crippen LogP contribution in [0.3, 0.4) is 0 Å². The van der Waals surface area contributed by atoms with Crippen molar-refractivity contribution < 1.29 is 9.13 Å². The predicted octanol–water partition coefficient (Wildman–Crippen LogP) is 2.64. The van der Waals surface area contributed by atoms with Gasteiger partial charge in [-0.15, -0.1) is 24.0 Å². The Labute approximate surface area is 191 Å². The smallest absolute Gasteiger partial charge is 0.194 e. The van der Waals surface area contributed by atoms with Crippen LogP contribution >= 0.6 is 24.0 Å². The van der Waals surface area contributed by atoms with Crippen molar-refractivity contribution in [3.63, 3.8) is 0 Å². The highest BCUT2D eigenvalue weighted by atomic mass is 127. The van der Waals surface area contributed by atoms with E-state index in [-0.39, 0.29) is 29.8 Å². The zero-order valence-electron chi connectivity index (χ0n) is 17.5. The third-order valence-corrected chi connectivity index (χ3v) is 5.35. The summed E-state index contributed by atoms with van der Waals surface area (Å²) in [5, 5.41) is 3.41. The lowest BCUT2D eigenvalue weighted by molar-refractivity contribution is 0.0373. The molecule has 2 fully saturated rings. The number of anilines is 1. The van der Waals surface area contributed by atoms with Gasteiger partial charge in [-0.25, -0.2) is 4.39 Å². The van der Waals surface area contributed by atoms with Crippen LogP contribution in [0, 0.1) is 5.82 Å². The molecular weight excluding hydrogens is 484 g/mol. The van der Waals surface area contributed by atoms with Gasteiger partial charge in [-0.05, 0) is 38.4 Å². The van der Waals surface area contributed by atoms with Crippen LogP contribution in [0.1, 0.15) is 19.8 Å². The second-order valence-corrected chi connectivity index (χ2v) is 7.32. The van der Waals surface area contributed by atoms with Crippen LogP contribution in [0.2, 0.25) is 0 Å². The molecule has 0 aromatic heterocycles. The van der Waals surface area contributed by atoms with E-state index >= 15 is 0 Å². The zero-order chi connectivity index (χ0) is 19.6. The number of unbranched alkanes of at least 4 members (excludes halogenated alkanes) is 1. The summed E-state index contributed by atoms with van der Waals surface area (Å²) in [4.78, 5) is 11.7. The number of nitrogens with one attached hydrogen (secondary N) is 1. The Hall–Kier alpha value is -1.13. The van der Waals surface area contributed by atoms with Crippen LogP contribution in [-0.2, 0) is 4.74 Å². The Balaban J connectivity index is 0.00000300. The van der Waals surface area contributed by atoms with Crippen molar-refractivity contribution in [3.8, 4) is 0 Å². The molecule has 2 aliphatic rings. The van der Waals surface area contributed by atoms with E-state index in [4.69, 9.17) is 9.73 Å². The summed E-state index contributed by atoms with van der Waals surface area (Å²) in [6.07, 6.45) is 2.27. The fourth-order valence-corrected chi connectivity index (χ4v) is 3.75. The molecule has 0 radical (unpaired) electrons. The minimum atomic E-state index is -0.142. The summed E-state index contributed by atoms with van der Waals surface area (Å²) in [6.45, 7) is 12.1. The molecule has 6 nitrogen and oxygen atoms in total. The monoisotopic (exact) mass is 519 g/mol. The molecule has 0 saturated carbocycles. The van der Waals surface area contributed by atoms with Gasteiger partial charge in [-0.1, -0.05) is 12.1 Å². The van der Waals surface area contributed by atoms with E-state index in [1.165, 1.54) is 12.5 Å². The van der Waals surface area contributed by atoms with E-state index in [0.29, 0.717) is 5.69 Å². The first-order chi connectivity index (χ1) is 13.8. The average molecular weight is 519 g/mol. The van der Waals surface area contributed by atoms with E-state index in [0.717, 1.165) is 84.5 Å². The number of hydrogen-bond donors (Lipinski definition) is 1. The molecule has 8 heteroatoms. The highest BCUT2D eigenvalue weighted by Gasteiger charge is 2.21. The van der Waals surface area contributed by atoms with Gasteiger partial charge < -0.3 is 19.9 Å². The SMILES string of the molecule is CCNC(=NCCCCN1CCOCC1)N1CCN(c2ccccc2F)CC1.I. The summed E-state index contributed by atoms with van der Waals surface area (Å²) in [5.41, 5.74) is 0.701. The van der Waals surface area contributed by atoms with Gasteiger partial charge in [-0.3, -0.25) is 9.89 Å². The molecule has 0 amide bonds. The number of halogens is 2. The van der Waals surface area contributed by atoms with Crippen molar-refractivity contribution in [3.05, 3.63) is 30.1 Å². The van der Waals surface area contributed by atoms with Gasteiger partial charge in [0.2, 0.25) is 0 Å². The highest BCUT2D eigenvalue weighted by Crippen LogP contribution is 2.20. The van der Waals surface area contributed by atoms with Crippen LogP contribution < -0.4 is 10.2 Å². The van der Waals surface area contributed by atoms with E-state index in [9.17, 15) is 4.39 Å². The van der Waals surface area contributed by atoms with Crippen molar-refractivity contribution in [2.24, 2.45) is 4.99 Å². The molecule has 0 unspecified atom stereocenters. The van der Waals surface area contributed by atoms with Crippen LogP contribution in [0.5, 0.6) is 0 Å². The lowest BCUT2D eigenvalue weighted by Crippen LogP contribution is -2.52. The van der Waals surface area contributed by atoms with Crippen molar-refractivity contribution in [2.45, 2.75) is 19.8 Å². The first kappa shape index (κ1) is 24.1. The first-order valence-electron chi connectivity index (χ1n) is 10.6. The van der Waals surface area contributed by atoms with Crippen molar-refractivity contribution in [2.75, 3.05) is 77.0 Å². The van der Waals surface area contributed by atoms with Gasteiger partial charge in [0.05, 0.1) is 18.9 Å². The Morgan fingerprint density at radius 2 is 1.79 bits per heavy atom. The van der Waals surface area contributed by atoms with Crippen LogP contribution in [-0.4, -0.2) is 87.9 Å². The van der Waals surface area contributed by atoms with E-state index in [1.54, 1.807) is 6.07 Å². The van der Waals surface area contributed by atoms with Crippen molar-refractivity contribution in [1.29, 1.82) is 0 Å². The maximum absolute atomic E-state index is 14.0. The molecular formula is C21H35FIN5O. The Bertz CT molecular complexity index is 619. The van der Waals surface area contributed by atoms with Crippen molar-refractivity contribution >= 4 is 35.6 Å². The first-order valence-corrected chi connectivity index (χ1v) is 10.6. The van der Waals surface area contributed by atoms with E-state index in [1.807, 2.05) is 12.1 Å². The summed E-state index contributed by atoms with van der Waals surface area (Å²) >= 11 is 0. The normalized spacial score (nSPS) is 18.5. The lowest BCUT2D eigenvalue weighted by atomic mass is 10.2. The van der Waals surface area contributed by atoms with E-state index < -0.39 is 0 Å². The fourth-order valence-electron chi connectivity index (χ4n) is 3.75. The maximum Gasteiger partial charge on any atom is 0.194 e. The van der Waals surface area contributed by atoms with Gasteiger partial charge >= 0.3 is 0 Å². The summed E-state index contributed by atoms with van der Waals surface area (Å²) in [5.74, 6) is 0.846. The number of piperazine rings is 1. The topological polar surface area (TPSA) is 43.3 Å². The molecule has 2 heterocycles. The molecule has 0 bridgehead atoms. The number of guanidine groups is 1. The third kappa shape index (κ3) is 7.57. The number of aliphatic imine (C=N–C) groups is 1. The Kier molecular flexibility index (Phi) is 11.0. The minimum absolute atomic E-state index is 0. The van der Waals surface area contributed by atoms with Gasteiger partial charge in [0, 0.05) is 52.4 Å². The van der Waals surface area contributed by atoms with E-state index in [2.05, 4.69) is 26.9 Å². The molecule has 0 spiro atoms. The number of rotatable bonds is 7. The lowest BCUT2D eigenvalue weighted by Gasteiger charge is -2.37. The molecule has 2 saturated heterocycles. The van der Waals surface area contributed by atoms with Gasteiger partial charge in [-0.2, -0.15) is 0 Å². The second-order valence-electron chi connectivity index (χ2n) is 7.32. The molecule has 0 atom stereocenters. The molecule has 1 aromatic carbocycles. The highest BCUT2D eigenvalue weighted by molar-refractivity contribution is 14.0. The minimum Gasteiger partial charge on any atom is -0.379 e. The van der Waals surface area contributed by atoms with Crippen LogP contribution in [0.25, 0.3) is 0 Å². The Morgan fingerprint density at radius 1 is 1.07 bits per heavy atom. The number of para-hydroxylation sites is 1. The number of nitrogens with zero attached hydrogens (tertiary/aromatic N) is 4. The summed E-state index contributed by atoms with van der Waals surface area (Å²) in [7, 11) is 0. The number of morpholine rings is 1. The standard InChI is InChI=1S/C21H34FN5O.HI/c1-2-23-21(24-9-5-6-10-25-15-17-28-18-16-25)27-13-11-26(12-14-27)20-8-4-3-7-19(20)22;/h3-4,7-8H,2,5-6,9-18H2,1H3,(H,23,24);1H. The second kappa shape index (κ2) is 13.2. The predicted molar refractivity (Wildman–Crippen MR) is 128 cm³/mol. The maximum atomic E-state index is 14.0. The van der Waals surface area contributed by atoms with Crippen molar-refractivity contribution in [1.82, 2.24) is 15.1 Å². The molecule has 2 aliphatic heterocycles. The Morgan fingerprint density at radius 3 is 2.48 bits per heavy atom. The molecule has 29 heavy (non-hydrogen) atoms. The fraction of sp³-hybridized carbons (Fsp3) is 0.667. The summed E-state index contributed by atoms with van der Waals surface area (Å²) < 4.78 is 19.4. The molecule has 1 aromatic rings. The number of hydrogen-bond acceptors (Lipinski definition) is 4. The number of benzene rings is 1. The van der Waals surface area contributed by atoms with Crippen LogP contribution in [0.15, 0.2) is 29.3 Å². The molecule has 3 rings (SSSR count). The summed E-state index contributed by atoms with van der Waals surface area (Å²) in [6, 6.07) is 7.03. The zero-order valence-corrected chi connectivity index (χ0v) is 19.8. The molecule has 164 valence electrons. The quantitative estimate of drug-likeness (QED) is 0.260. The molecule has 1 N–H and O–H groups in total.